The molecule has 5 heteroatoms. The summed E-state index contributed by atoms with van der Waals surface area (Å²) in [5.74, 6) is -0.975. The van der Waals surface area contributed by atoms with Crippen molar-refractivity contribution in [1.82, 2.24) is 5.32 Å². The van der Waals surface area contributed by atoms with Crippen LogP contribution in [-0.4, -0.2) is 23.7 Å². The highest BCUT2D eigenvalue weighted by Crippen LogP contribution is 2.21. The minimum atomic E-state index is -0.975. The van der Waals surface area contributed by atoms with Crippen molar-refractivity contribution in [3.05, 3.63) is 21.9 Å². The molecule has 0 aliphatic heterocycles. The van der Waals surface area contributed by atoms with Crippen LogP contribution in [-0.2, 0) is 4.79 Å². The molecular formula is C10H16N2O2S. The van der Waals surface area contributed by atoms with Gasteiger partial charge < -0.3 is 16.2 Å². The zero-order valence-electron chi connectivity index (χ0n) is 8.86. The number of carbonyl (C=O) groups is 1. The Labute approximate surface area is 93.1 Å². The van der Waals surface area contributed by atoms with Crippen LogP contribution < -0.4 is 11.1 Å². The number of nitrogens with two attached hydrogens (primary N) is 1. The molecule has 1 rings (SSSR count). The highest BCUT2D eigenvalue weighted by Gasteiger charge is 2.13. The lowest BCUT2D eigenvalue weighted by Crippen LogP contribution is -2.40. The molecule has 0 radical (unpaired) electrons. The maximum Gasteiger partial charge on any atom is 0.321 e. The molecule has 15 heavy (non-hydrogen) atoms. The molecule has 4 nitrogen and oxygen atoms in total. The van der Waals surface area contributed by atoms with Crippen LogP contribution in [0.3, 0.4) is 0 Å². The Morgan fingerprint density at radius 2 is 2.33 bits per heavy atom. The molecule has 0 saturated heterocycles. The summed E-state index contributed by atoms with van der Waals surface area (Å²) in [6.07, 6.45) is 0. The maximum atomic E-state index is 10.5. The zero-order chi connectivity index (χ0) is 11.4. The second-order valence-electron chi connectivity index (χ2n) is 3.52. The normalized spacial score (nSPS) is 14.9. The summed E-state index contributed by atoms with van der Waals surface area (Å²) in [5.41, 5.74) is 5.39. The van der Waals surface area contributed by atoms with Gasteiger partial charge in [-0.3, -0.25) is 4.79 Å². The molecule has 0 fully saturated rings. The number of carboxylic acids is 1. The van der Waals surface area contributed by atoms with E-state index in [2.05, 4.69) is 11.4 Å². The van der Waals surface area contributed by atoms with E-state index in [1.54, 1.807) is 11.3 Å². The van der Waals surface area contributed by atoms with Crippen molar-refractivity contribution >= 4 is 17.3 Å². The smallest absolute Gasteiger partial charge is 0.321 e. The number of thiophene rings is 1. The average molecular weight is 228 g/mol. The number of nitrogens with one attached hydrogen (secondary N) is 1. The van der Waals surface area contributed by atoms with Crippen LogP contribution >= 0.6 is 11.3 Å². The van der Waals surface area contributed by atoms with Gasteiger partial charge >= 0.3 is 5.97 Å². The van der Waals surface area contributed by atoms with Crippen LogP contribution in [0.2, 0.25) is 0 Å². The fraction of sp³-hybridized carbons (Fsp3) is 0.500. The SMILES string of the molecule is Cc1ccc(C(C)NCC(N)C(=O)O)s1. The summed E-state index contributed by atoms with van der Waals surface area (Å²) in [6, 6.07) is 3.40. The molecule has 0 saturated carbocycles. The number of aryl methyl sites for hydroxylation is 1. The van der Waals surface area contributed by atoms with Gasteiger partial charge in [0, 0.05) is 22.3 Å². The van der Waals surface area contributed by atoms with Gasteiger partial charge in [-0.25, -0.2) is 0 Å². The van der Waals surface area contributed by atoms with Gasteiger partial charge in [-0.1, -0.05) is 0 Å². The first kappa shape index (κ1) is 12.2. The van der Waals surface area contributed by atoms with E-state index in [4.69, 9.17) is 10.8 Å². The van der Waals surface area contributed by atoms with Crippen molar-refractivity contribution in [3.8, 4) is 0 Å². The maximum absolute atomic E-state index is 10.5. The first-order valence-electron chi connectivity index (χ1n) is 4.79. The summed E-state index contributed by atoms with van der Waals surface area (Å²) in [7, 11) is 0. The van der Waals surface area contributed by atoms with E-state index >= 15 is 0 Å². The van der Waals surface area contributed by atoms with E-state index in [1.165, 1.54) is 9.75 Å². The Hall–Kier alpha value is -0.910. The summed E-state index contributed by atoms with van der Waals surface area (Å²) in [6.45, 7) is 4.33. The predicted molar refractivity (Wildman–Crippen MR) is 61.1 cm³/mol. The minimum Gasteiger partial charge on any atom is -0.480 e. The van der Waals surface area contributed by atoms with E-state index < -0.39 is 12.0 Å². The van der Waals surface area contributed by atoms with Crippen molar-refractivity contribution in [2.45, 2.75) is 25.9 Å². The fourth-order valence-corrected chi connectivity index (χ4v) is 2.08. The van der Waals surface area contributed by atoms with Crippen LogP contribution in [0, 0.1) is 6.92 Å². The van der Waals surface area contributed by atoms with Gasteiger partial charge in [-0.05, 0) is 26.0 Å². The van der Waals surface area contributed by atoms with Gasteiger partial charge in [-0.15, -0.1) is 11.3 Å². The van der Waals surface area contributed by atoms with E-state index in [1.807, 2.05) is 19.9 Å². The zero-order valence-corrected chi connectivity index (χ0v) is 9.67. The van der Waals surface area contributed by atoms with Gasteiger partial charge in [0.2, 0.25) is 0 Å². The Morgan fingerprint density at radius 3 is 2.80 bits per heavy atom. The second-order valence-corrected chi connectivity index (χ2v) is 4.84. The molecule has 2 unspecified atom stereocenters. The molecule has 4 N–H and O–H groups in total. The second kappa shape index (κ2) is 5.25. The van der Waals surface area contributed by atoms with Gasteiger partial charge in [0.05, 0.1) is 0 Å². The molecule has 1 heterocycles. The third-order valence-corrected chi connectivity index (χ3v) is 3.33. The van der Waals surface area contributed by atoms with Crippen LogP contribution in [0.5, 0.6) is 0 Å². The first-order chi connectivity index (χ1) is 7.00. The van der Waals surface area contributed by atoms with Gasteiger partial charge in [0.25, 0.3) is 0 Å². The molecule has 84 valence electrons. The third kappa shape index (κ3) is 3.62. The molecule has 2 atom stereocenters. The molecule has 0 spiro atoms. The fourth-order valence-electron chi connectivity index (χ4n) is 1.18. The Balaban J connectivity index is 2.43. The van der Waals surface area contributed by atoms with Crippen LogP contribution in [0.25, 0.3) is 0 Å². The predicted octanol–water partition coefficient (Wildman–Crippen LogP) is 1.12. The van der Waals surface area contributed by atoms with Gasteiger partial charge in [0.1, 0.15) is 6.04 Å². The van der Waals surface area contributed by atoms with Gasteiger partial charge in [-0.2, -0.15) is 0 Å². The molecule has 0 aliphatic carbocycles. The monoisotopic (exact) mass is 228 g/mol. The molecule has 0 aliphatic rings. The quantitative estimate of drug-likeness (QED) is 0.706. The van der Waals surface area contributed by atoms with Crippen molar-refractivity contribution in [2.75, 3.05) is 6.54 Å². The molecule has 1 aromatic heterocycles. The third-order valence-electron chi connectivity index (χ3n) is 2.15. The van der Waals surface area contributed by atoms with E-state index in [0.717, 1.165) is 0 Å². The van der Waals surface area contributed by atoms with E-state index in [0.29, 0.717) is 0 Å². The summed E-state index contributed by atoms with van der Waals surface area (Å²) < 4.78 is 0. The van der Waals surface area contributed by atoms with Gasteiger partial charge in [0.15, 0.2) is 0 Å². The topological polar surface area (TPSA) is 75.3 Å². The summed E-state index contributed by atoms with van der Waals surface area (Å²) in [5, 5.41) is 11.7. The Kier molecular flexibility index (Phi) is 4.26. The summed E-state index contributed by atoms with van der Waals surface area (Å²) >= 11 is 1.71. The lowest BCUT2D eigenvalue weighted by molar-refractivity contribution is -0.138. The first-order valence-corrected chi connectivity index (χ1v) is 5.60. The number of hydrogen-bond donors (Lipinski definition) is 3. The lowest BCUT2D eigenvalue weighted by Gasteiger charge is -2.14. The molecule has 0 amide bonds. The molecule has 0 aromatic carbocycles. The molecular weight excluding hydrogens is 212 g/mol. The summed E-state index contributed by atoms with van der Waals surface area (Å²) in [4.78, 5) is 12.9. The van der Waals surface area contributed by atoms with Crippen molar-refractivity contribution in [2.24, 2.45) is 5.73 Å². The number of hydrogen-bond acceptors (Lipinski definition) is 4. The van der Waals surface area contributed by atoms with Crippen molar-refractivity contribution < 1.29 is 9.90 Å². The lowest BCUT2D eigenvalue weighted by atomic mass is 10.2. The van der Waals surface area contributed by atoms with Crippen LogP contribution in [0.4, 0.5) is 0 Å². The highest BCUT2D eigenvalue weighted by molar-refractivity contribution is 7.12. The van der Waals surface area contributed by atoms with E-state index in [-0.39, 0.29) is 12.6 Å². The Morgan fingerprint density at radius 1 is 1.67 bits per heavy atom. The largest absolute Gasteiger partial charge is 0.480 e. The standard InChI is InChI=1S/C10H16N2O2S/c1-6-3-4-9(15-6)7(2)12-5-8(11)10(13)14/h3-4,7-8,12H,5,11H2,1-2H3,(H,13,14). The molecule has 1 aromatic rings. The number of rotatable bonds is 5. The number of carboxylic acid groups (broad SMARTS) is 1. The van der Waals surface area contributed by atoms with E-state index in [9.17, 15) is 4.79 Å². The van der Waals surface area contributed by atoms with Crippen LogP contribution in [0.1, 0.15) is 22.7 Å². The molecule has 0 bridgehead atoms. The van der Waals surface area contributed by atoms with Crippen molar-refractivity contribution in [1.29, 1.82) is 0 Å². The van der Waals surface area contributed by atoms with Crippen LogP contribution in [0.15, 0.2) is 12.1 Å². The minimum absolute atomic E-state index is 0.147. The average Bonchev–Trinajstić information content (AvgIpc) is 2.60. The highest BCUT2D eigenvalue weighted by atomic mass is 32.1. The Bertz CT molecular complexity index is 338. The number of aliphatic carboxylic acids is 1. The van der Waals surface area contributed by atoms with Crippen molar-refractivity contribution in [3.63, 3.8) is 0 Å².